The molecular formula is C16H10ClNO3. The maximum Gasteiger partial charge on any atom is 0.336 e. The van der Waals surface area contributed by atoms with Gasteiger partial charge in [-0.3, -0.25) is 0 Å². The van der Waals surface area contributed by atoms with E-state index in [1.165, 1.54) is 12.1 Å². The third-order valence-corrected chi connectivity index (χ3v) is 3.42. The average molecular weight is 300 g/mol. The number of benzene rings is 2. The molecule has 21 heavy (non-hydrogen) atoms. The van der Waals surface area contributed by atoms with Gasteiger partial charge in [-0.1, -0.05) is 23.7 Å². The molecule has 104 valence electrons. The third-order valence-electron chi connectivity index (χ3n) is 3.18. The second kappa shape index (κ2) is 5.07. The lowest BCUT2D eigenvalue weighted by molar-refractivity contribution is 0.0699. The molecule has 0 saturated carbocycles. The van der Waals surface area contributed by atoms with Crippen molar-refractivity contribution in [1.29, 1.82) is 0 Å². The predicted octanol–water partition coefficient (Wildman–Crippen LogP) is 3.96. The lowest BCUT2D eigenvalue weighted by atomic mass is 10.0. The summed E-state index contributed by atoms with van der Waals surface area (Å²) in [5.74, 6) is -1.02. The van der Waals surface area contributed by atoms with Gasteiger partial charge in [-0.15, -0.1) is 0 Å². The van der Waals surface area contributed by atoms with Crippen LogP contribution >= 0.6 is 11.6 Å². The van der Waals surface area contributed by atoms with E-state index >= 15 is 0 Å². The Morgan fingerprint density at radius 2 is 1.86 bits per heavy atom. The number of carbonyl (C=O) groups is 1. The summed E-state index contributed by atoms with van der Waals surface area (Å²) in [6.45, 7) is 0. The molecule has 0 amide bonds. The highest BCUT2D eigenvalue weighted by molar-refractivity contribution is 6.31. The topological polar surface area (TPSA) is 70.4 Å². The van der Waals surface area contributed by atoms with Crippen LogP contribution in [0.2, 0.25) is 5.02 Å². The Morgan fingerprint density at radius 3 is 2.57 bits per heavy atom. The van der Waals surface area contributed by atoms with E-state index < -0.39 is 5.97 Å². The highest BCUT2D eigenvalue weighted by Gasteiger charge is 2.14. The summed E-state index contributed by atoms with van der Waals surface area (Å²) in [7, 11) is 0. The first-order chi connectivity index (χ1) is 10.1. The van der Waals surface area contributed by atoms with E-state index in [4.69, 9.17) is 11.6 Å². The SMILES string of the molecule is O=C(O)c1cc(-c2ccccc2O)nc2ccc(Cl)cc12. The normalized spacial score (nSPS) is 10.7. The van der Waals surface area contributed by atoms with Crippen LogP contribution in [0.5, 0.6) is 5.75 Å². The van der Waals surface area contributed by atoms with Crippen LogP contribution in [0.1, 0.15) is 10.4 Å². The lowest BCUT2D eigenvalue weighted by Crippen LogP contribution is -2.00. The van der Waals surface area contributed by atoms with Gasteiger partial charge in [0, 0.05) is 16.0 Å². The highest BCUT2D eigenvalue weighted by atomic mass is 35.5. The fraction of sp³-hybridized carbons (Fsp3) is 0. The Kier molecular flexibility index (Phi) is 3.23. The van der Waals surface area contributed by atoms with E-state index in [9.17, 15) is 15.0 Å². The zero-order valence-corrected chi connectivity index (χ0v) is 11.5. The molecule has 0 saturated heterocycles. The molecule has 3 aromatic rings. The number of hydrogen-bond acceptors (Lipinski definition) is 3. The minimum absolute atomic E-state index is 0.0506. The molecule has 0 aliphatic rings. The number of carboxylic acids is 1. The first-order valence-corrected chi connectivity index (χ1v) is 6.56. The molecule has 0 spiro atoms. The van der Waals surface area contributed by atoms with Crippen LogP contribution in [0.15, 0.2) is 48.5 Å². The molecule has 4 nitrogen and oxygen atoms in total. The van der Waals surface area contributed by atoms with Crippen LogP contribution in [0.25, 0.3) is 22.2 Å². The summed E-state index contributed by atoms with van der Waals surface area (Å²) in [6, 6.07) is 13.0. The Labute approximate surface area is 125 Å². The molecule has 2 N–H and O–H groups in total. The van der Waals surface area contributed by atoms with Crippen molar-refractivity contribution in [1.82, 2.24) is 4.98 Å². The van der Waals surface area contributed by atoms with Gasteiger partial charge in [0.1, 0.15) is 5.75 Å². The number of para-hydroxylation sites is 1. The second-order valence-electron chi connectivity index (χ2n) is 4.54. The predicted molar refractivity (Wildman–Crippen MR) is 80.8 cm³/mol. The summed E-state index contributed by atoms with van der Waals surface area (Å²) in [4.78, 5) is 15.9. The number of hydrogen-bond donors (Lipinski definition) is 2. The van der Waals surface area contributed by atoms with E-state index in [2.05, 4.69) is 4.98 Å². The van der Waals surface area contributed by atoms with Crippen molar-refractivity contribution in [2.45, 2.75) is 0 Å². The molecule has 1 aromatic heterocycles. The summed E-state index contributed by atoms with van der Waals surface area (Å²) in [6.07, 6.45) is 0. The van der Waals surface area contributed by atoms with Gasteiger partial charge in [-0.25, -0.2) is 9.78 Å². The van der Waals surface area contributed by atoms with Crippen molar-refractivity contribution >= 4 is 28.5 Å². The number of aromatic nitrogens is 1. The quantitative estimate of drug-likeness (QED) is 0.751. The number of phenolic OH excluding ortho intramolecular Hbond substituents is 1. The van der Waals surface area contributed by atoms with E-state index in [1.54, 1.807) is 36.4 Å². The Morgan fingerprint density at radius 1 is 1.10 bits per heavy atom. The molecule has 0 atom stereocenters. The number of pyridine rings is 1. The summed E-state index contributed by atoms with van der Waals surface area (Å²) < 4.78 is 0. The van der Waals surface area contributed by atoms with E-state index in [-0.39, 0.29) is 11.3 Å². The molecule has 1 heterocycles. The number of fused-ring (bicyclic) bond motifs is 1. The smallest absolute Gasteiger partial charge is 0.336 e. The molecule has 0 aliphatic heterocycles. The fourth-order valence-corrected chi connectivity index (χ4v) is 2.38. The van der Waals surface area contributed by atoms with Gasteiger partial charge in [-0.2, -0.15) is 0 Å². The van der Waals surface area contributed by atoms with Gasteiger partial charge >= 0.3 is 5.97 Å². The molecular weight excluding hydrogens is 290 g/mol. The molecule has 5 heteroatoms. The molecule has 0 radical (unpaired) electrons. The van der Waals surface area contributed by atoms with Gasteiger partial charge in [0.2, 0.25) is 0 Å². The minimum Gasteiger partial charge on any atom is -0.507 e. The van der Waals surface area contributed by atoms with Gasteiger partial charge in [-0.05, 0) is 36.4 Å². The molecule has 2 aromatic carbocycles. The Balaban J connectivity index is 2.34. The van der Waals surface area contributed by atoms with E-state index in [0.717, 1.165) is 0 Å². The average Bonchev–Trinajstić information content (AvgIpc) is 2.46. The van der Waals surface area contributed by atoms with Crippen LogP contribution < -0.4 is 0 Å². The number of aromatic carboxylic acids is 1. The van der Waals surface area contributed by atoms with Crippen molar-refractivity contribution in [2.24, 2.45) is 0 Å². The molecule has 3 rings (SSSR count). The second-order valence-corrected chi connectivity index (χ2v) is 4.98. The number of rotatable bonds is 2. The number of nitrogens with zero attached hydrogens (tertiary/aromatic N) is 1. The van der Waals surface area contributed by atoms with Crippen LogP contribution in [-0.2, 0) is 0 Å². The molecule has 0 fully saturated rings. The zero-order chi connectivity index (χ0) is 15.0. The Bertz CT molecular complexity index is 861. The van der Waals surface area contributed by atoms with Crippen molar-refractivity contribution in [3.05, 3.63) is 59.1 Å². The molecule has 0 unspecified atom stereocenters. The lowest BCUT2D eigenvalue weighted by Gasteiger charge is -2.08. The van der Waals surface area contributed by atoms with Gasteiger partial charge < -0.3 is 10.2 Å². The minimum atomic E-state index is -1.07. The van der Waals surface area contributed by atoms with Gasteiger partial charge in [0.15, 0.2) is 0 Å². The number of halogens is 1. The first-order valence-electron chi connectivity index (χ1n) is 6.18. The number of carboxylic acid groups (broad SMARTS) is 1. The van der Waals surface area contributed by atoms with Crippen LogP contribution in [-0.4, -0.2) is 21.2 Å². The summed E-state index contributed by atoms with van der Waals surface area (Å²) in [5, 5.41) is 20.2. The standard InChI is InChI=1S/C16H10ClNO3/c17-9-5-6-13-11(7-9)12(16(20)21)8-14(18-13)10-3-1-2-4-15(10)19/h1-8,19H,(H,20,21). The first kappa shape index (κ1) is 13.4. The summed E-state index contributed by atoms with van der Waals surface area (Å²) >= 11 is 5.92. The largest absolute Gasteiger partial charge is 0.507 e. The monoisotopic (exact) mass is 299 g/mol. The van der Waals surface area contributed by atoms with Crippen LogP contribution in [0, 0.1) is 0 Å². The van der Waals surface area contributed by atoms with E-state index in [1.807, 2.05) is 0 Å². The van der Waals surface area contributed by atoms with Crippen molar-refractivity contribution in [2.75, 3.05) is 0 Å². The Hall–Kier alpha value is -2.59. The van der Waals surface area contributed by atoms with Crippen molar-refractivity contribution < 1.29 is 15.0 Å². The van der Waals surface area contributed by atoms with E-state index in [0.29, 0.717) is 27.2 Å². The van der Waals surface area contributed by atoms with Crippen LogP contribution in [0.3, 0.4) is 0 Å². The highest BCUT2D eigenvalue weighted by Crippen LogP contribution is 2.31. The number of phenols is 1. The number of aromatic hydroxyl groups is 1. The third kappa shape index (κ3) is 2.41. The van der Waals surface area contributed by atoms with Crippen molar-refractivity contribution in [3.63, 3.8) is 0 Å². The van der Waals surface area contributed by atoms with Crippen molar-refractivity contribution in [3.8, 4) is 17.0 Å². The fourth-order valence-electron chi connectivity index (χ4n) is 2.20. The van der Waals surface area contributed by atoms with Crippen LogP contribution in [0.4, 0.5) is 0 Å². The summed E-state index contributed by atoms with van der Waals surface area (Å²) in [5.41, 5.74) is 1.50. The maximum absolute atomic E-state index is 11.5. The zero-order valence-electron chi connectivity index (χ0n) is 10.7. The van der Waals surface area contributed by atoms with Gasteiger partial charge in [0.05, 0.1) is 16.8 Å². The maximum atomic E-state index is 11.5. The van der Waals surface area contributed by atoms with Gasteiger partial charge in [0.25, 0.3) is 0 Å². The molecule has 0 aliphatic carbocycles. The molecule has 0 bridgehead atoms.